The molecule has 152 valence electrons. The summed E-state index contributed by atoms with van der Waals surface area (Å²) in [6, 6.07) is 10.4. The van der Waals surface area contributed by atoms with E-state index >= 15 is 0 Å². The largest absolute Gasteiger partial charge is 0.384 e. The predicted octanol–water partition coefficient (Wildman–Crippen LogP) is 5.58. The number of hydrogen-bond donors (Lipinski definition) is 1. The van der Waals surface area contributed by atoms with Crippen LogP contribution in [0, 0.1) is 23.0 Å². The number of nitriles is 1. The van der Waals surface area contributed by atoms with Gasteiger partial charge in [-0.3, -0.25) is 9.69 Å². The van der Waals surface area contributed by atoms with Gasteiger partial charge in [0.1, 0.15) is 23.1 Å². The number of benzene rings is 2. The van der Waals surface area contributed by atoms with Gasteiger partial charge in [-0.15, -0.1) is 0 Å². The summed E-state index contributed by atoms with van der Waals surface area (Å²) in [5.74, 6) is -2.93. The van der Waals surface area contributed by atoms with E-state index in [-0.39, 0.29) is 39.2 Å². The molecule has 8 heteroatoms. The average Bonchev–Trinajstić information content (AvgIpc) is 2.71. The Bertz CT molecular complexity index is 1160. The van der Waals surface area contributed by atoms with Crippen LogP contribution >= 0.6 is 23.2 Å². The number of Topliss-reactive ketones (excluding diaryl/α,β-unsaturated/α-hetero) is 1. The number of carbonyl (C=O) groups excluding carboxylic acids is 1. The van der Waals surface area contributed by atoms with Crippen molar-refractivity contribution >= 4 is 34.7 Å². The molecule has 0 aromatic heterocycles. The Hall–Kier alpha value is -2.88. The molecule has 2 N–H and O–H groups in total. The summed E-state index contributed by atoms with van der Waals surface area (Å²) in [5.41, 5.74) is 6.94. The van der Waals surface area contributed by atoms with Crippen LogP contribution in [0.15, 0.2) is 59.1 Å². The first kappa shape index (κ1) is 20.4. The second-order valence-corrected chi connectivity index (χ2v) is 7.81. The fraction of sp³-hybridized carbons (Fsp3) is 0.182. The molecule has 0 saturated heterocycles. The molecule has 4 nitrogen and oxygen atoms in total. The number of para-hydroxylation sites is 1. The smallest absolute Gasteiger partial charge is 0.161 e. The first-order chi connectivity index (χ1) is 14.4. The molecular formula is C22H15Cl2F2N3O. The first-order valence-corrected chi connectivity index (χ1v) is 9.96. The molecule has 0 bridgehead atoms. The normalized spacial score (nSPS) is 19.1. The zero-order chi connectivity index (χ0) is 21.6. The summed E-state index contributed by atoms with van der Waals surface area (Å²) < 4.78 is 29.3. The van der Waals surface area contributed by atoms with Crippen LogP contribution < -0.4 is 10.6 Å². The molecular weight excluding hydrogens is 431 g/mol. The topological polar surface area (TPSA) is 70.1 Å². The molecule has 4 rings (SSSR count). The average molecular weight is 446 g/mol. The van der Waals surface area contributed by atoms with Crippen molar-refractivity contribution < 1.29 is 13.6 Å². The molecule has 1 atom stereocenters. The van der Waals surface area contributed by atoms with Gasteiger partial charge < -0.3 is 5.73 Å². The fourth-order valence-electron chi connectivity index (χ4n) is 4.10. The molecule has 0 unspecified atom stereocenters. The monoisotopic (exact) mass is 445 g/mol. The van der Waals surface area contributed by atoms with Crippen molar-refractivity contribution in [2.45, 2.75) is 25.2 Å². The van der Waals surface area contributed by atoms with Gasteiger partial charge in [0, 0.05) is 17.7 Å². The van der Waals surface area contributed by atoms with E-state index in [0.717, 1.165) is 17.0 Å². The van der Waals surface area contributed by atoms with Crippen LogP contribution in [0.5, 0.6) is 0 Å². The number of nitrogens with zero attached hydrogens (tertiary/aromatic N) is 2. The lowest BCUT2D eigenvalue weighted by molar-refractivity contribution is -0.116. The van der Waals surface area contributed by atoms with Gasteiger partial charge in [0.05, 0.1) is 27.6 Å². The van der Waals surface area contributed by atoms with Gasteiger partial charge in [0.2, 0.25) is 0 Å². The number of allylic oxidation sites excluding steroid dienone is 3. The maximum absolute atomic E-state index is 14.6. The maximum Gasteiger partial charge on any atom is 0.161 e. The van der Waals surface area contributed by atoms with Crippen LogP contribution in [0.25, 0.3) is 0 Å². The minimum Gasteiger partial charge on any atom is -0.384 e. The first-order valence-electron chi connectivity index (χ1n) is 9.20. The van der Waals surface area contributed by atoms with E-state index in [1.54, 1.807) is 18.2 Å². The highest BCUT2D eigenvalue weighted by atomic mass is 35.5. The Kier molecular flexibility index (Phi) is 5.27. The van der Waals surface area contributed by atoms with E-state index in [0.29, 0.717) is 24.1 Å². The highest BCUT2D eigenvalue weighted by Crippen LogP contribution is 2.49. The Labute approximate surface area is 181 Å². The Morgan fingerprint density at radius 1 is 1.10 bits per heavy atom. The third kappa shape index (κ3) is 3.06. The van der Waals surface area contributed by atoms with Gasteiger partial charge in [-0.1, -0.05) is 41.4 Å². The van der Waals surface area contributed by atoms with Crippen LogP contribution in [0.3, 0.4) is 0 Å². The van der Waals surface area contributed by atoms with Gasteiger partial charge in [-0.2, -0.15) is 5.26 Å². The van der Waals surface area contributed by atoms with Gasteiger partial charge >= 0.3 is 0 Å². The van der Waals surface area contributed by atoms with Crippen LogP contribution in [0.1, 0.15) is 30.7 Å². The molecule has 1 heterocycles. The van der Waals surface area contributed by atoms with Crippen LogP contribution in [-0.2, 0) is 4.79 Å². The Morgan fingerprint density at radius 3 is 2.43 bits per heavy atom. The summed E-state index contributed by atoms with van der Waals surface area (Å²) in [6.45, 7) is 0. The van der Waals surface area contributed by atoms with E-state index in [9.17, 15) is 18.8 Å². The molecule has 0 fully saturated rings. The predicted molar refractivity (Wildman–Crippen MR) is 111 cm³/mol. The molecule has 30 heavy (non-hydrogen) atoms. The molecule has 1 aliphatic carbocycles. The van der Waals surface area contributed by atoms with E-state index in [1.807, 2.05) is 6.07 Å². The lowest BCUT2D eigenvalue weighted by Crippen LogP contribution is -2.39. The second kappa shape index (κ2) is 7.75. The van der Waals surface area contributed by atoms with Crippen molar-refractivity contribution in [3.63, 3.8) is 0 Å². The summed E-state index contributed by atoms with van der Waals surface area (Å²) in [4.78, 5) is 14.2. The fourth-order valence-corrected chi connectivity index (χ4v) is 4.52. The van der Waals surface area contributed by atoms with Crippen LogP contribution in [-0.4, -0.2) is 5.78 Å². The minimum absolute atomic E-state index is 0.0178. The molecule has 2 aromatic carbocycles. The van der Waals surface area contributed by atoms with E-state index in [2.05, 4.69) is 0 Å². The van der Waals surface area contributed by atoms with Crippen molar-refractivity contribution in [2.75, 3.05) is 4.90 Å². The number of rotatable bonds is 2. The zero-order valence-corrected chi connectivity index (χ0v) is 17.1. The second-order valence-electron chi connectivity index (χ2n) is 7.03. The van der Waals surface area contributed by atoms with Crippen LogP contribution in [0.2, 0.25) is 10.0 Å². The van der Waals surface area contributed by atoms with Gasteiger partial charge in [-0.05, 0) is 36.6 Å². The number of carbonyl (C=O) groups is 1. The molecule has 0 spiro atoms. The van der Waals surface area contributed by atoms with E-state index < -0.39 is 23.2 Å². The summed E-state index contributed by atoms with van der Waals surface area (Å²) in [6.07, 6.45) is 1.11. The quantitative estimate of drug-likeness (QED) is 0.654. The number of halogens is 4. The van der Waals surface area contributed by atoms with Gasteiger partial charge in [-0.25, -0.2) is 8.78 Å². The van der Waals surface area contributed by atoms with E-state index in [1.165, 1.54) is 6.07 Å². The van der Waals surface area contributed by atoms with Crippen molar-refractivity contribution in [1.29, 1.82) is 5.26 Å². The molecule has 1 aliphatic heterocycles. The van der Waals surface area contributed by atoms with Crippen molar-refractivity contribution in [2.24, 2.45) is 5.73 Å². The molecule has 0 radical (unpaired) electrons. The zero-order valence-electron chi connectivity index (χ0n) is 15.6. The third-order valence-electron chi connectivity index (χ3n) is 5.37. The lowest BCUT2D eigenvalue weighted by Gasteiger charge is -2.40. The Morgan fingerprint density at radius 2 is 1.77 bits per heavy atom. The summed E-state index contributed by atoms with van der Waals surface area (Å²) in [7, 11) is 0. The van der Waals surface area contributed by atoms with Crippen LogP contribution in [0.4, 0.5) is 14.5 Å². The van der Waals surface area contributed by atoms with Crippen molar-refractivity contribution in [3.05, 3.63) is 86.3 Å². The number of ketones is 1. The number of hydrogen-bond acceptors (Lipinski definition) is 4. The van der Waals surface area contributed by atoms with Crippen molar-refractivity contribution in [3.8, 4) is 6.07 Å². The third-order valence-corrected chi connectivity index (χ3v) is 6.20. The molecule has 0 saturated carbocycles. The highest BCUT2D eigenvalue weighted by Gasteiger charge is 2.42. The maximum atomic E-state index is 14.6. The summed E-state index contributed by atoms with van der Waals surface area (Å²) >= 11 is 12.6. The van der Waals surface area contributed by atoms with E-state index in [4.69, 9.17) is 28.9 Å². The lowest BCUT2D eigenvalue weighted by atomic mass is 9.75. The highest BCUT2D eigenvalue weighted by molar-refractivity contribution is 6.42. The molecule has 2 aromatic rings. The number of anilines is 1. The SMILES string of the molecule is N#CC1=C(N)N(c2c(F)cccc2F)C2=C(C(=O)CCC2)[C@H]1c1cccc(Cl)c1Cl. The molecule has 0 amide bonds. The van der Waals surface area contributed by atoms with Gasteiger partial charge in [0.15, 0.2) is 5.78 Å². The van der Waals surface area contributed by atoms with Crippen molar-refractivity contribution in [1.82, 2.24) is 0 Å². The molecule has 2 aliphatic rings. The Balaban J connectivity index is 2.05. The standard InChI is InChI=1S/C22H15Cl2F2N3O/c23-13-5-1-4-11(20(13)24)18-12(10-27)22(28)29(16-8-3-9-17(30)19(16)18)21-14(25)6-2-7-15(21)26/h1-2,4-7,18H,3,8-9,28H2/t18-/m0/s1. The summed E-state index contributed by atoms with van der Waals surface area (Å²) in [5, 5.41) is 10.4. The number of nitrogens with two attached hydrogens (primary N) is 1. The van der Waals surface area contributed by atoms with Gasteiger partial charge in [0.25, 0.3) is 0 Å². The minimum atomic E-state index is -0.866.